The van der Waals surface area contributed by atoms with Crippen molar-refractivity contribution in [3.8, 4) is 0 Å². The number of hydrogen-bond acceptors (Lipinski definition) is 2. The van der Waals surface area contributed by atoms with Gasteiger partial charge >= 0.3 is 0 Å². The van der Waals surface area contributed by atoms with Gasteiger partial charge in [-0.15, -0.1) is 0 Å². The summed E-state index contributed by atoms with van der Waals surface area (Å²) in [6, 6.07) is 8.37. The molecule has 0 radical (unpaired) electrons. The minimum atomic E-state index is -0.408. The van der Waals surface area contributed by atoms with Crippen molar-refractivity contribution in [2.45, 2.75) is 6.54 Å². The molecule has 0 amide bonds. The van der Waals surface area contributed by atoms with E-state index in [1.807, 2.05) is 12.1 Å². The van der Waals surface area contributed by atoms with Crippen LogP contribution in [0.4, 0.5) is 10.2 Å². The number of rotatable bonds is 3. The summed E-state index contributed by atoms with van der Waals surface area (Å²) in [5, 5.41) is 3.27. The maximum absolute atomic E-state index is 13.0. The molecule has 5 heteroatoms. The summed E-state index contributed by atoms with van der Waals surface area (Å²) in [4.78, 5) is 4.17. The molecule has 0 saturated carbocycles. The van der Waals surface area contributed by atoms with Gasteiger partial charge in [-0.3, -0.25) is 0 Å². The summed E-state index contributed by atoms with van der Waals surface area (Å²) in [6.07, 6.45) is 1.70. The standard InChI is InChI=1S/C12H9BrClFN2/c13-9-2-1-5-16-12(9)17-7-8-3-4-11(15)10(14)6-8/h1-6H,7H2,(H,16,17). The van der Waals surface area contributed by atoms with Gasteiger partial charge in [-0.1, -0.05) is 17.7 Å². The molecular formula is C12H9BrClFN2. The Morgan fingerprint density at radius 2 is 2.18 bits per heavy atom. The third-order valence-corrected chi connectivity index (χ3v) is 3.13. The molecule has 1 aromatic heterocycles. The molecule has 0 bridgehead atoms. The normalized spacial score (nSPS) is 10.3. The molecule has 1 N–H and O–H groups in total. The number of nitrogens with one attached hydrogen (secondary N) is 1. The molecule has 0 saturated heterocycles. The Morgan fingerprint density at radius 1 is 1.35 bits per heavy atom. The lowest BCUT2D eigenvalue weighted by Gasteiger charge is -2.07. The van der Waals surface area contributed by atoms with Crippen LogP contribution in [0.1, 0.15) is 5.56 Å². The van der Waals surface area contributed by atoms with Crippen molar-refractivity contribution in [1.82, 2.24) is 4.98 Å². The molecule has 0 unspecified atom stereocenters. The Balaban J connectivity index is 2.08. The number of anilines is 1. The zero-order valence-electron chi connectivity index (χ0n) is 8.75. The molecule has 0 aliphatic carbocycles. The molecule has 0 aliphatic rings. The molecule has 88 valence electrons. The van der Waals surface area contributed by atoms with Crippen LogP contribution in [0.2, 0.25) is 5.02 Å². The summed E-state index contributed by atoms with van der Waals surface area (Å²) in [5.74, 6) is 0.336. The second-order valence-electron chi connectivity index (χ2n) is 3.44. The lowest BCUT2D eigenvalue weighted by molar-refractivity contribution is 0.627. The van der Waals surface area contributed by atoms with E-state index in [0.29, 0.717) is 6.54 Å². The zero-order chi connectivity index (χ0) is 12.3. The molecule has 0 spiro atoms. The van der Waals surface area contributed by atoms with E-state index in [2.05, 4.69) is 26.2 Å². The van der Waals surface area contributed by atoms with Crippen molar-refractivity contribution >= 4 is 33.3 Å². The topological polar surface area (TPSA) is 24.9 Å². The number of aromatic nitrogens is 1. The van der Waals surface area contributed by atoms with Gasteiger partial charge < -0.3 is 5.32 Å². The fourth-order valence-corrected chi connectivity index (χ4v) is 1.95. The van der Waals surface area contributed by atoms with E-state index < -0.39 is 5.82 Å². The Labute approximate surface area is 112 Å². The number of hydrogen-bond donors (Lipinski definition) is 1. The SMILES string of the molecule is Fc1ccc(CNc2ncccc2Br)cc1Cl. The van der Waals surface area contributed by atoms with E-state index >= 15 is 0 Å². The third-order valence-electron chi connectivity index (χ3n) is 2.20. The molecule has 0 atom stereocenters. The summed E-state index contributed by atoms with van der Waals surface area (Å²) in [7, 11) is 0. The second-order valence-corrected chi connectivity index (χ2v) is 4.70. The van der Waals surface area contributed by atoms with Crippen molar-refractivity contribution in [2.75, 3.05) is 5.32 Å². The molecular weight excluding hydrogens is 307 g/mol. The van der Waals surface area contributed by atoms with Crippen LogP contribution in [-0.4, -0.2) is 4.98 Å². The second kappa shape index (κ2) is 5.47. The van der Waals surface area contributed by atoms with Gasteiger partial charge in [0.1, 0.15) is 11.6 Å². The average molecular weight is 316 g/mol. The average Bonchev–Trinajstić information content (AvgIpc) is 2.32. The fourth-order valence-electron chi connectivity index (χ4n) is 1.35. The maximum atomic E-state index is 13.0. The predicted octanol–water partition coefficient (Wildman–Crippen LogP) is 4.25. The van der Waals surface area contributed by atoms with E-state index in [9.17, 15) is 4.39 Å². The van der Waals surface area contributed by atoms with Crippen molar-refractivity contribution in [3.63, 3.8) is 0 Å². The van der Waals surface area contributed by atoms with Crippen LogP contribution in [0.5, 0.6) is 0 Å². The molecule has 2 nitrogen and oxygen atoms in total. The number of benzene rings is 1. The fraction of sp³-hybridized carbons (Fsp3) is 0.0833. The highest BCUT2D eigenvalue weighted by Gasteiger charge is 2.02. The summed E-state index contributed by atoms with van der Waals surface area (Å²) in [5.41, 5.74) is 0.897. The maximum Gasteiger partial charge on any atom is 0.141 e. The van der Waals surface area contributed by atoms with Crippen LogP contribution in [0, 0.1) is 5.82 Å². The molecule has 1 aromatic carbocycles. The Bertz CT molecular complexity index is 534. The van der Waals surface area contributed by atoms with Gasteiger partial charge in [0, 0.05) is 12.7 Å². The monoisotopic (exact) mass is 314 g/mol. The first-order valence-electron chi connectivity index (χ1n) is 4.95. The third kappa shape index (κ3) is 3.17. The van der Waals surface area contributed by atoms with Gasteiger partial charge in [-0.2, -0.15) is 0 Å². The first-order valence-corrected chi connectivity index (χ1v) is 6.12. The van der Waals surface area contributed by atoms with Gasteiger partial charge in [-0.05, 0) is 45.8 Å². The van der Waals surface area contributed by atoms with E-state index in [4.69, 9.17) is 11.6 Å². The summed E-state index contributed by atoms with van der Waals surface area (Å²) < 4.78 is 13.8. The molecule has 0 fully saturated rings. The summed E-state index contributed by atoms with van der Waals surface area (Å²) in [6.45, 7) is 0.537. The van der Waals surface area contributed by atoms with Gasteiger partial charge in [0.15, 0.2) is 0 Å². The van der Waals surface area contributed by atoms with Crippen molar-refractivity contribution in [1.29, 1.82) is 0 Å². The minimum Gasteiger partial charge on any atom is -0.365 e. The predicted molar refractivity (Wildman–Crippen MR) is 70.7 cm³/mol. The highest BCUT2D eigenvalue weighted by Crippen LogP contribution is 2.20. The van der Waals surface area contributed by atoms with Crippen LogP contribution in [0.3, 0.4) is 0 Å². The van der Waals surface area contributed by atoms with Gasteiger partial charge in [0.25, 0.3) is 0 Å². The largest absolute Gasteiger partial charge is 0.365 e. The van der Waals surface area contributed by atoms with Crippen LogP contribution >= 0.6 is 27.5 Å². The molecule has 0 aliphatic heterocycles. The van der Waals surface area contributed by atoms with Gasteiger partial charge in [-0.25, -0.2) is 9.37 Å². The highest BCUT2D eigenvalue weighted by molar-refractivity contribution is 9.10. The lowest BCUT2D eigenvalue weighted by atomic mass is 10.2. The number of nitrogens with zero attached hydrogens (tertiary/aromatic N) is 1. The number of halogens is 3. The van der Waals surface area contributed by atoms with Crippen molar-refractivity contribution < 1.29 is 4.39 Å². The highest BCUT2D eigenvalue weighted by atomic mass is 79.9. The van der Waals surface area contributed by atoms with Crippen LogP contribution in [-0.2, 0) is 6.54 Å². The van der Waals surface area contributed by atoms with E-state index in [1.54, 1.807) is 18.3 Å². The Hall–Kier alpha value is -1.13. The number of pyridine rings is 1. The smallest absolute Gasteiger partial charge is 0.141 e. The Kier molecular flexibility index (Phi) is 3.97. The first-order chi connectivity index (χ1) is 8.16. The molecule has 2 rings (SSSR count). The van der Waals surface area contributed by atoms with Crippen molar-refractivity contribution in [2.24, 2.45) is 0 Å². The van der Waals surface area contributed by atoms with Crippen molar-refractivity contribution in [3.05, 3.63) is 57.4 Å². The molecule has 17 heavy (non-hydrogen) atoms. The van der Waals surface area contributed by atoms with Gasteiger partial charge in [0.05, 0.1) is 9.50 Å². The Morgan fingerprint density at radius 3 is 2.88 bits per heavy atom. The molecule has 2 aromatic rings. The van der Waals surface area contributed by atoms with E-state index in [0.717, 1.165) is 15.9 Å². The first kappa shape index (κ1) is 12.3. The zero-order valence-corrected chi connectivity index (χ0v) is 11.1. The lowest BCUT2D eigenvalue weighted by Crippen LogP contribution is -2.02. The van der Waals surface area contributed by atoms with E-state index in [1.165, 1.54) is 6.07 Å². The van der Waals surface area contributed by atoms with Crippen LogP contribution < -0.4 is 5.32 Å². The summed E-state index contributed by atoms with van der Waals surface area (Å²) >= 11 is 9.08. The van der Waals surface area contributed by atoms with Crippen LogP contribution in [0.15, 0.2) is 41.0 Å². The molecule has 1 heterocycles. The van der Waals surface area contributed by atoms with Gasteiger partial charge in [0.2, 0.25) is 0 Å². The van der Waals surface area contributed by atoms with Crippen LogP contribution in [0.25, 0.3) is 0 Å². The quantitative estimate of drug-likeness (QED) is 0.916. The van der Waals surface area contributed by atoms with E-state index in [-0.39, 0.29) is 5.02 Å². The minimum absolute atomic E-state index is 0.129.